The minimum atomic E-state index is -0.269. The second kappa shape index (κ2) is 6.54. The lowest BCUT2D eigenvalue weighted by Crippen LogP contribution is -2.46. The number of benzene rings is 1. The number of carbonyl (C=O) groups is 1. The molecular weight excluding hydrogens is 246 g/mol. The molecule has 0 spiro atoms. The van der Waals surface area contributed by atoms with Gasteiger partial charge < -0.3 is 19.9 Å². The Morgan fingerprint density at radius 3 is 2.89 bits per heavy atom. The lowest BCUT2D eigenvalue weighted by atomic mass is 9.89. The van der Waals surface area contributed by atoms with Crippen molar-refractivity contribution in [1.82, 2.24) is 5.32 Å². The van der Waals surface area contributed by atoms with Crippen LogP contribution in [0.2, 0.25) is 0 Å². The summed E-state index contributed by atoms with van der Waals surface area (Å²) >= 11 is 0. The number of nitrogens with one attached hydrogen (secondary N) is 1. The van der Waals surface area contributed by atoms with Gasteiger partial charge in [-0.2, -0.15) is 0 Å². The molecule has 0 unspecified atom stereocenters. The van der Waals surface area contributed by atoms with E-state index in [9.17, 15) is 9.90 Å². The molecule has 1 aliphatic rings. The van der Waals surface area contributed by atoms with Gasteiger partial charge >= 0.3 is 0 Å². The fourth-order valence-corrected chi connectivity index (χ4v) is 1.94. The SMILES string of the molecule is COCCOc1cccc(C(=O)NC2CC(O)C2)c1. The Bertz CT molecular complexity index is 429. The number of rotatable bonds is 6. The molecule has 2 N–H and O–H groups in total. The number of amides is 1. The number of hydrogen-bond acceptors (Lipinski definition) is 4. The van der Waals surface area contributed by atoms with Gasteiger partial charge in [-0.3, -0.25) is 4.79 Å². The molecule has 0 heterocycles. The third-order valence-corrected chi connectivity index (χ3v) is 3.10. The molecule has 1 amide bonds. The van der Waals surface area contributed by atoms with Crippen LogP contribution in [0.5, 0.6) is 5.75 Å². The van der Waals surface area contributed by atoms with Crippen molar-refractivity contribution in [3.8, 4) is 5.75 Å². The molecule has 5 nitrogen and oxygen atoms in total. The summed E-state index contributed by atoms with van der Waals surface area (Å²) < 4.78 is 10.4. The number of methoxy groups -OCH3 is 1. The molecule has 19 heavy (non-hydrogen) atoms. The molecule has 1 aliphatic carbocycles. The first-order chi connectivity index (χ1) is 9.19. The van der Waals surface area contributed by atoms with Crippen molar-refractivity contribution in [1.29, 1.82) is 0 Å². The van der Waals surface area contributed by atoms with E-state index in [1.165, 1.54) is 0 Å². The minimum Gasteiger partial charge on any atom is -0.491 e. The molecule has 1 aromatic carbocycles. The standard InChI is InChI=1S/C14H19NO4/c1-18-5-6-19-13-4-2-3-10(7-13)14(17)15-11-8-12(16)9-11/h2-4,7,11-12,16H,5-6,8-9H2,1H3,(H,15,17). The van der Waals surface area contributed by atoms with Crippen molar-refractivity contribution >= 4 is 5.91 Å². The first-order valence-corrected chi connectivity index (χ1v) is 6.40. The van der Waals surface area contributed by atoms with Crippen LogP contribution in [0, 0.1) is 0 Å². The Balaban J connectivity index is 1.88. The van der Waals surface area contributed by atoms with Crippen LogP contribution >= 0.6 is 0 Å². The molecule has 0 radical (unpaired) electrons. The quantitative estimate of drug-likeness (QED) is 0.752. The Morgan fingerprint density at radius 1 is 1.42 bits per heavy atom. The molecule has 0 aliphatic heterocycles. The number of hydrogen-bond donors (Lipinski definition) is 2. The van der Waals surface area contributed by atoms with E-state index < -0.39 is 0 Å². The van der Waals surface area contributed by atoms with Gasteiger partial charge in [0.25, 0.3) is 5.91 Å². The van der Waals surface area contributed by atoms with Crippen LogP contribution in [0.3, 0.4) is 0 Å². The number of aliphatic hydroxyl groups excluding tert-OH is 1. The molecule has 1 saturated carbocycles. The van der Waals surface area contributed by atoms with E-state index in [1.54, 1.807) is 31.4 Å². The van der Waals surface area contributed by atoms with Crippen molar-refractivity contribution in [3.05, 3.63) is 29.8 Å². The van der Waals surface area contributed by atoms with Crippen LogP contribution in [-0.2, 0) is 4.74 Å². The largest absolute Gasteiger partial charge is 0.491 e. The van der Waals surface area contributed by atoms with E-state index in [0.717, 1.165) is 0 Å². The predicted octanol–water partition coefficient (Wildman–Crippen LogP) is 0.965. The third-order valence-electron chi connectivity index (χ3n) is 3.10. The fourth-order valence-electron chi connectivity index (χ4n) is 1.94. The van der Waals surface area contributed by atoms with Gasteiger partial charge in [-0.1, -0.05) is 6.07 Å². The van der Waals surface area contributed by atoms with E-state index in [-0.39, 0.29) is 18.1 Å². The van der Waals surface area contributed by atoms with E-state index >= 15 is 0 Å². The molecular formula is C14H19NO4. The van der Waals surface area contributed by atoms with Crippen molar-refractivity contribution in [3.63, 3.8) is 0 Å². The van der Waals surface area contributed by atoms with Crippen LogP contribution in [0.15, 0.2) is 24.3 Å². The molecule has 0 saturated heterocycles. The Kier molecular flexibility index (Phi) is 4.76. The summed E-state index contributed by atoms with van der Waals surface area (Å²) in [7, 11) is 1.61. The van der Waals surface area contributed by atoms with Crippen molar-refractivity contribution in [2.75, 3.05) is 20.3 Å². The number of aliphatic hydroxyl groups is 1. The molecule has 5 heteroatoms. The summed E-state index contributed by atoms with van der Waals surface area (Å²) in [6.07, 6.45) is 1.000. The maximum absolute atomic E-state index is 12.0. The third kappa shape index (κ3) is 3.94. The van der Waals surface area contributed by atoms with Crippen LogP contribution < -0.4 is 10.1 Å². The Labute approximate surface area is 112 Å². The highest BCUT2D eigenvalue weighted by Crippen LogP contribution is 2.20. The van der Waals surface area contributed by atoms with E-state index in [4.69, 9.17) is 9.47 Å². The van der Waals surface area contributed by atoms with Crippen LogP contribution in [0.1, 0.15) is 23.2 Å². The zero-order valence-electron chi connectivity index (χ0n) is 11.0. The first kappa shape index (κ1) is 13.8. The zero-order chi connectivity index (χ0) is 13.7. The molecule has 2 rings (SSSR count). The van der Waals surface area contributed by atoms with Crippen LogP contribution in [0.25, 0.3) is 0 Å². The van der Waals surface area contributed by atoms with Gasteiger partial charge in [-0.25, -0.2) is 0 Å². The lowest BCUT2D eigenvalue weighted by molar-refractivity contribution is 0.0562. The van der Waals surface area contributed by atoms with Crippen LogP contribution in [0.4, 0.5) is 0 Å². The van der Waals surface area contributed by atoms with Gasteiger partial charge in [-0.05, 0) is 31.0 Å². The Hall–Kier alpha value is -1.59. The molecule has 1 aromatic rings. The van der Waals surface area contributed by atoms with E-state index in [1.807, 2.05) is 0 Å². The van der Waals surface area contributed by atoms with Crippen molar-refractivity contribution in [2.24, 2.45) is 0 Å². The van der Waals surface area contributed by atoms with Gasteiger partial charge in [0.2, 0.25) is 0 Å². The highest BCUT2D eigenvalue weighted by Gasteiger charge is 2.28. The predicted molar refractivity (Wildman–Crippen MR) is 70.3 cm³/mol. The van der Waals surface area contributed by atoms with E-state index in [0.29, 0.717) is 37.4 Å². The molecule has 1 fully saturated rings. The monoisotopic (exact) mass is 265 g/mol. The highest BCUT2D eigenvalue weighted by molar-refractivity contribution is 5.94. The van der Waals surface area contributed by atoms with Gasteiger partial charge in [0.15, 0.2) is 0 Å². The molecule has 104 valence electrons. The average molecular weight is 265 g/mol. The second-order valence-corrected chi connectivity index (χ2v) is 4.66. The molecule has 0 aromatic heterocycles. The average Bonchev–Trinajstić information content (AvgIpc) is 2.37. The first-order valence-electron chi connectivity index (χ1n) is 6.40. The topological polar surface area (TPSA) is 67.8 Å². The van der Waals surface area contributed by atoms with Crippen LogP contribution in [-0.4, -0.2) is 43.5 Å². The molecule has 0 atom stereocenters. The number of ether oxygens (including phenoxy) is 2. The van der Waals surface area contributed by atoms with Gasteiger partial charge in [0.05, 0.1) is 12.7 Å². The summed E-state index contributed by atoms with van der Waals surface area (Å²) in [5.41, 5.74) is 0.566. The highest BCUT2D eigenvalue weighted by atomic mass is 16.5. The lowest BCUT2D eigenvalue weighted by Gasteiger charge is -2.31. The molecule has 0 bridgehead atoms. The normalized spacial score (nSPS) is 21.6. The Morgan fingerprint density at radius 2 is 2.21 bits per heavy atom. The number of carbonyl (C=O) groups excluding carboxylic acids is 1. The van der Waals surface area contributed by atoms with Crippen molar-refractivity contribution < 1.29 is 19.4 Å². The summed E-state index contributed by atoms with van der Waals surface area (Å²) in [5.74, 6) is 0.521. The minimum absolute atomic E-state index is 0.0839. The zero-order valence-corrected chi connectivity index (χ0v) is 11.0. The second-order valence-electron chi connectivity index (χ2n) is 4.66. The maximum Gasteiger partial charge on any atom is 0.251 e. The van der Waals surface area contributed by atoms with Gasteiger partial charge in [0, 0.05) is 18.7 Å². The van der Waals surface area contributed by atoms with Gasteiger partial charge in [-0.15, -0.1) is 0 Å². The maximum atomic E-state index is 12.0. The van der Waals surface area contributed by atoms with E-state index in [2.05, 4.69) is 5.32 Å². The van der Waals surface area contributed by atoms with Crippen molar-refractivity contribution in [2.45, 2.75) is 25.0 Å². The summed E-state index contributed by atoms with van der Waals surface area (Å²) in [6, 6.07) is 7.13. The van der Waals surface area contributed by atoms with Gasteiger partial charge in [0.1, 0.15) is 12.4 Å². The smallest absolute Gasteiger partial charge is 0.251 e. The summed E-state index contributed by atoms with van der Waals surface area (Å²) in [6.45, 7) is 0.965. The summed E-state index contributed by atoms with van der Waals surface area (Å²) in [5, 5.41) is 12.1. The fraction of sp³-hybridized carbons (Fsp3) is 0.500. The summed E-state index contributed by atoms with van der Waals surface area (Å²) in [4.78, 5) is 12.0.